The van der Waals surface area contributed by atoms with Crippen LogP contribution in [0.25, 0.3) is 0 Å². The van der Waals surface area contributed by atoms with Crippen molar-refractivity contribution >= 4 is 17.5 Å². The van der Waals surface area contributed by atoms with Gasteiger partial charge in [0.15, 0.2) is 23.3 Å². The molecular formula is C21H29N7O2. The molecule has 1 atom stereocenters. The van der Waals surface area contributed by atoms with Crippen molar-refractivity contribution in [3.05, 3.63) is 40.4 Å². The predicted octanol–water partition coefficient (Wildman–Crippen LogP) is 2.30. The molecular weight excluding hydrogens is 382 g/mol. The van der Waals surface area contributed by atoms with Crippen molar-refractivity contribution in [2.45, 2.75) is 38.6 Å². The topological polar surface area (TPSA) is 121 Å². The second-order valence-electron chi connectivity index (χ2n) is 7.99. The van der Waals surface area contributed by atoms with Gasteiger partial charge in [-0.3, -0.25) is 9.98 Å². The van der Waals surface area contributed by atoms with Gasteiger partial charge in [-0.15, -0.1) is 0 Å². The van der Waals surface area contributed by atoms with Gasteiger partial charge in [-0.2, -0.15) is 4.98 Å². The van der Waals surface area contributed by atoms with Gasteiger partial charge in [0.25, 0.3) is 0 Å². The van der Waals surface area contributed by atoms with E-state index in [4.69, 9.17) is 15.9 Å². The lowest BCUT2D eigenvalue weighted by Crippen LogP contribution is -2.34. The van der Waals surface area contributed by atoms with Crippen molar-refractivity contribution in [3.63, 3.8) is 0 Å². The normalized spacial score (nSPS) is 18.4. The lowest BCUT2D eigenvalue weighted by molar-refractivity contribution is 0.276. The molecule has 9 nitrogen and oxygen atoms in total. The number of hydrogen-bond acceptors (Lipinski definition) is 6. The van der Waals surface area contributed by atoms with Crippen LogP contribution in [0.3, 0.4) is 0 Å². The Labute approximate surface area is 175 Å². The molecule has 2 aliphatic rings. The Balaban J connectivity index is 1.43. The van der Waals surface area contributed by atoms with E-state index in [0.29, 0.717) is 18.1 Å². The van der Waals surface area contributed by atoms with Crippen molar-refractivity contribution in [3.8, 4) is 11.5 Å². The summed E-state index contributed by atoms with van der Waals surface area (Å²) >= 11 is 0. The second kappa shape index (κ2) is 8.74. The number of guanidine groups is 1. The number of hydrogen-bond donors (Lipinski definition) is 4. The maximum absolute atomic E-state index is 12.7. The van der Waals surface area contributed by atoms with Crippen LogP contribution in [0, 0.1) is 12.3 Å². The predicted molar refractivity (Wildman–Crippen MR) is 117 cm³/mol. The third-order valence-corrected chi connectivity index (χ3v) is 5.68. The van der Waals surface area contributed by atoms with E-state index in [0.717, 1.165) is 62.3 Å². The van der Waals surface area contributed by atoms with E-state index in [2.05, 4.69) is 20.5 Å². The summed E-state index contributed by atoms with van der Waals surface area (Å²) in [6.45, 7) is 5.60. The Kier molecular flexibility index (Phi) is 5.89. The number of nitrogens with zero attached hydrogens (tertiary/aromatic N) is 3. The first kappa shape index (κ1) is 20.2. The first-order chi connectivity index (χ1) is 14.5. The maximum Gasteiger partial charge on any atom is 0.350 e. The molecule has 0 saturated carbocycles. The van der Waals surface area contributed by atoms with E-state index in [1.165, 1.54) is 0 Å². The molecule has 4 rings (SSSR count). The molecule has 1 aromatic carbocycles. The Hall–Kier alpha value is -3.07. The highest BCUT2D eigenvalue weighted by Crippen LogP contribution is 2.40. The van der Waals surface area contributed by atoms with Gasteiger partial charge in [0.1, 0.15) is 0 Å². The molecule has 1 unspecified atom stereocenters. The molecule has 160 valence electrons. The van der Waals surface area contributed by atoms with Crippen LogP contribution in [0.4, 0.5) is 11.5 Å². The van der Waals surface area contributed by atoms with Crippen molar-refractivity contribution < 1.29 is 4.74 Å². The number of nitrogens with one attached hydrogen (secondary N) is 3. The summed E-state index contributed by atoms with van der Waals surface area (Å²) in [5.74, 6) is 1.82. The molecule has 0 aliphatic carbocycles. The number of anilines is 2. The minimum atomic E-state index is -0.245. The quantitative estimate of drug-likeness (QED) is 0.289. The highest BCUT2D eigenvalue weighted by atomic mass is 16.5. The zero-order valence-electron chi connectivity index (χ0n) is 17.3. The summed E-state index contributed by atoms with van der Waals surface area (Å²) in [6.07, 6.45) is 5.59. The number of likely N-dealkylation sites (tertiary alicyclic amines) is 1. The van der Waals surface area contributed by atoms with Gasteiger partial charge in [0.05, 0.1) is 11.9 Å². The molecule has 0 amide bonds. The van der Waals surface area contributed by atoms with Crippen molar-refractivity contribution in [2.24, 2.45) is 5.73 Å². The SMILES string of the molecule is Cc1ccc2c(c1)Nc1nc(=O)n(C3CCCN(CCCNC(=N)N)CC3)cc1O2. The minimum Gasteiger partial charge on any atom is -0.450 e. The Morgan fingerprint density at radius 3 is 3.07 bits per heavy atom. The summed E-state index contributed by atoms with van der Waals surface area (Å²) < 4.78 is 7.76. The molecule has 0 bridgehead atoms. The molecule has 0 radical (unpaired) electrons. The molecule has 1 fully saturated rings. The van der Waals surface area contributed by atoms with Gasteiger partial charge < -0.3 is 26.0 Å². The zero-order chi connectivity index (χ0) is 21.1. The number of nitrogens with two attached hydrogens (primary N) is 1. The largest absolute Gasteiger partial charge is 0.450 e. The Morgan fingerprint density at radius 2 is 2.23 bits per heavy atom. The fraction of sp³-hybridized carbons (Fsp3) is 0.476. The summed E-state index contributed by atoms with van der Waals surface area (Å²) in [4.78, 5) is 19.4. The average Bonchev–Trinajstić information content (AvgIpc) is 2.95. The van der Waals surface area contributed by atoms with E-state index in [1.807, 2.05) is 25.1 Å². The maximum atomic E-state index is 12.7. The first-order valence-corrected chi connectivity index (χ1v) is 10.5. The van der Waals surface area contributed by atoms with Gasteiger partial charge in [-0.05, 0) is 63.4 Å². The van der Waals surface area contributed by atoms with Gasteiger partial charge in [-0.1, -0.05) is 6.07 Å². The van der Waals surface area contributed by atoms with Crippen LogP contribution in [0.5, 0.6) is 11.5 Å². The number of ether oxygens (including phenoxy) is 1. The molecule has 2 aliphatic heterocycles. The summed E-state index contributed by atoms with van der Waals surface area (Å²) in [5, 5.41) is 13.3. The molecule has 30 heavy (non-hydrogen) atoms. The highest BCUT2D eigenvalue weighted by molar-refractivity contribution is 5.74. The van der Waals surface area contributed by atoms with E-state index in [-0.39, 0.29) is 17.7 Å². The molecule has 1 saturated heterocycles. The molecule has 2 aromatic rings. The van der Waals surface area contributed by atoms with Gasteiger partial charge in [-0.25, -0.2) is 4.79 Å². The Morgan fingerprint density at radius 1 is 1.37 bits per heavy atom. The van der Waals surface area contributed by atoms with E-state index >= 15 is 0 Å². The smallest absolute Gasteiger partial charge is 0.350 e. The molecule has 5 N–H and O–H groups in total. The monoisotopic (exact) mass is 411 g/mol. The molecule has 9 heteroatoms. The summed E-state index contributed by atoms with van der Waals surface area (Å²) in [7, 11) is 0. The highest BCUT2D eigenvalue weighted by Gasteiger charge is 2.24. The van der Waals surface area contributed by atoms with Gasteiger partial charge in [0.2, 0.25) is 0 Å². The number of aromatic nitrogens is 2. The number of rotatable bonds is 5. The van der Waals surface area contributed by atoms with Crippen LogP contribution < -0.4 is 26.8 Å². The van der Waals surface area contributed by atoms with E-state index in [1.54, 1.807) is 10.8 Å². The first-order valence-electron chi connectivity index (χ1n) is 10.5. The number of benzene rings is 1. The van der Waals surface area contributed by atoms with Gasteiger partial charge >= 0.3 is 5.69 Å². The van der Waals surface area contributed by atoms with Crippen LogP contribution in [0.2, 0.25) is 0 Å². The number of fused-ring (bicyclic) bond motifs is 2. The third-order valence-electron chi connectivity index (χ3n) is 5.68. The van der Waals surface area contributed by atoms with Gasteiger partial charge in [0, 0.05) is 19.1 Å². The lowest BCUT2D eigenvalue weighted by atomic mass is 10.1. The molecule has 3 heterocycles. The number of aryl methyl sites for hydroxylation is 1. The molecule has 0 spiro atoms. The minimum absolute atomic E-state index is 0.0136. The van der Waals surface area contributed by atoms with Crippen molar-refractivity contribution in [1.29, 1.82) is 5.41 Å². The third kappa shape index (κ3) is 4.56. The zero-order valence-corrected chi connectivity index (χ0v) is 17.3. The average molecular weight is 412 g/mol. The summed E-state index contributed by atoms with van der Waals surface area (Å²) in [6, 6.07) is 6.03. The van der Waals surface area contributed by atoms with Crippen LogP contribution in [-0.2, 0) is 0 Å². The van der Waals surface area contributed by atoms with E-state index in [9.17, 15) is 4.79 Å². The Bertz CT molecular complexity index is 988. The van der Waals surface area contributed by atoms with E-state index < -0.39 is 0 Å². The lowest BCUT2D eigenvalue weighted by Gasteiger charge is -2.24. The summed E-state index contributed by atoms with van der Waals surface area (Å²) in [5.41, 5.74) is 7.02. The van der Waals surface area contributed by atoms with Crippen LogP contribution in [0.15, 0.2) is 29.2 Å². The van der Waals surface area contributed by atoms with Crippen LogP contribution in [0.1, 0.15) is 37.3 Å². The van der Waals surface area contributed by atoms with Crippen LogP contribution in [-0.4, -0.2) is 46.6 Å². The van der Waals surface area contributed by atoms with Crippen LogP contribution >= 0.6 is 0 Å². The second-order valence-corrected chi connectivity index (χ2v) is 7.99. The van der Waals surface area contributed by atoms with Crippen molar-refractivity contribution in [1.82, 2.24) is 19.8 Å². The van der Waals surface area contributed by atoms with Crippen molar-refractivity contribution in [2.75, 3.05) is 31.5 Å². The fourth-order valence-corrected chi connectivity index (χ4v) is 4.12. The fourth-order valence-electron chi connectivity index (χ4n) is 4.12. The standard InChI is InChI=1S/C21H29N7O2/c1-14-5-6-17-16(12-14)25-19-18(30-17)13-28(21(29)26-19)15-4-2-9-27(11-7-15)10-3-8-24-20(22)23/h5-6,12-13,15H,2-4,7-11H2,1H3,(H4,22,23,24)(H,25,26,29). The molecule has 1 aromatic heterocycles.